The minimum Gasteiger partial charge on any atom is -0.299 e. The first-order valence-corrected chi connectivity index (χ1v) is 9.57. The zero-order valence-corrected chi connectivity index (χ0v) is 15.2. The van der Waals surface area contributed by atoms with Crippen LogP contribution in [0.5, 0.6) is 0 Å². The van der Waals surface area contributed by atoms with Crippen LogP contribution in [0.3, 0.4) is 0 Å². The Balaban J connectivity index is 1.64. The van der Waals surface area contributed by atoms with Gasteiger partial charge in [-0.1, -0.05) is 52.0 Å². The van der Waals surface area contributed by atoms with E-state index in [-0.39, 0.29) is 5.82 Å². The van der Waals surface area contributed by atoms with E-state index >= 15 is 0 Å². The van der Waals surface area contributed by atoms with Gasteiger partial charge in [0.25, 0.3) is 0 Å². The molecule has 0 saturated heterocycles. The Bertz CT molecular complexity index is 876. The fraction of sp³-hybridized carbons (Fsp3) is 0.222. The number of hydrogen-bond acceptors (Lipinski definition) is 3. The fourth-order valence-corrected chi connectivity index (χ4v) is 4.03. The van der Waals surface area contributed by atoms with Crippen molar-refractivity contribution in [2.45, 2.75) is 29.8 Å². The molecule has 0 spiro atoms. The maximum atomic E-state index is 14.2. The maximum Gasteiger partial charge on any atom is 0.192 e. The summed E-state index contributed by atoms with van der Waals surface area (Å²) in [6.07, 6.45) is 2.20. The summed E-state index contributed by atoms with van der Waals surface area (Å²) in [5, 5.41) is 9.47. The normalized spacial score (nSPS) is 14.1. The van der Waals surface area contributed by atoms with Crippen molar-refractivity contribution in [3.8, 4) is 11.4 Å². The van der Waals surface area contributed by atoms with Gasteiger partial charge in [0.2, 0.25) is 0 Å². The molecular weight excluding hydrogens is 389 g/mol. The van der Waals surface area contributed by atoms with Gasteiger partial charge in [-0.25, -0.2) is 4.39 Å². The number of aromatic nitrogens is 3. The van der Waals surface area contributed by atoms with Gasteiger partial charge in [-0.3, -0.25) is 4.57 Å². The van der Waals surface area contributed by atoms with Gasteiger partial charge in [-0.15, -0.1) is 10.2 Å². The predicted molar refractivity (Wildman–Crippen MR) is 97.4 cm³/mol. The molecule has 6 heteroatoms. The minimum atomic E-state index is -0.254. The molecule has 1 aromatic heterocycles. The van der Waals surface area contributed by atoms with E-state index in [0.29, 0.717) is 17.4 Å². The Labute approximate surface area is 152 Å². The Morgan fingerprint density at radius 1 is 1.12 bits per heavy atom. The molecule has 24 heavy (non-hydrogen) atoms. The number of rotatable bonds is 5. The third-order valence-corrected chi connectivity index (χ3v) is 5.46. The minimum absolute atomic E-state index is 0.254. The Morgan fingerprint density at radius 3 is 2.71 bits per heavy atom. The van der Waals surface area contributed by atoms with Crippen LogP contribution in [0.15, 0.2) is 58.2 Å². The van der Waals surface area contributed by atoms with Crippen LogP contribution in [0.4, 0.5) is 4.39 Å². The molecule has 0 N–H and O–H groups in total. The van der Waals surface area contributed by atoms with Gasteiger partial charge in [-0.2, -0.15) is 0 Å². The molecule has 0 atom stereocenters. The molecule has 1 fully saturated rings. The van der Waals surface area contributed by atoms with E-state index in [9.17, 15) is 4.39 Å². The van der Waals surface area contributed by atoms with Crippen LogP contribution in [0.2, 0.25) is 0 Å². The molecule has 1 heterocycles. The largest absolute Gasteiger partial charge is 0.299 e. The number of benzene rings is 2. The zero-order valence-electron chi connectivity index (χ0n) is 12.8. The molecule has 3 aromatic rings. The number of nitrogens with zero attached hydrogens (tertiary/aromatic N) is 3. The second kappa shape index (κ2) is 6.69. The van der Waals surface area contributed by atoms with E-state index in [4.69, 9.17) is 0 Å². The van der Waals surface area contributed by atoms with Crippen LogP contribution in [0, 0.1) is 5.82 Å². The van der Waals surface area contributed by atoms with Gasteiger partial charge in [0.15, 0.2) is 11.0 Å². The van der Waals surface area contributed by atoms with Crippen LogP contribution >= 0.6 is 27.7 Å². The molecule has 0 radical (unpaired) electrons. The summed E-state index contributed by atoms with van der Waals surface area (Å²) >= 11 is 5.14. The first kappa shape index (κ1) is 15.8. The SMILES string of the molecule is Fc1ccccc1-c1nnc(SCc2cccc(Br)c2)n1C1CC1. The highest BCUT2D eigenvalue weighted by molar-refractivity contribution is 9.10. The van der Waals surface area contributed by atoms with Gasteiger partial charge in [0.05, 0.1) is 5.56 Å². The van der Waals surface area contributed by atoms with Crippen molar-refractivity contribution in [3.05, 3.63) is 64.4 Å². The van der Waals surface area contributed by atoms with Gasteiger partial charge in [-0.05, 0) is 42.7 Å². The third-order valence-electron chi connectivity index (χ3n) is 3.95. The lowest BCUT2D eigenvalue weighted by molar-refractivity contribution is 0.622. The van der Waals surface area contributed by atoms with Crippen LogP contribution in [0.25, 0.3) is 11.4 Å². The highest BCUT2D eigenvalue weighted by Gasteiger charge is 2.30. The van der Waals surface area contributed by atoms with Crippen molar-refractivity contribution in [1.29, 1.82) is 0 Å². The van der Waals surface area contributed by atoms with E-state index in [1.807, 2.05) is 18.2 Å². The van der Waals surface area contributed by atoms with E-state index in [0.717, 1.165) is 28.2 Å². The topological polar surface area (TPSA) is 30.7 Å². The van der Waals surface area contributed by atoms with Crippen molar-refractivity contribution < 1.29 is 4.39 Å². The first-order valence-electron chi connectivity index (χ1n) is 7.79. The van der Waals surface area contributed by atoms with E-state index in [2.05, 4.69) is 42.8 Å². The Hall–Kier alpha value is -1.66. The van der Waals surface area contributed by atoms with Crippen molar-refractivity contribution in [2.75, 3.05) is 0 Å². The molecule has 4 rings (SSSR count). The molecule has 122 valence electrons. The second-order valence-corrected chi connectivity index (χ2v) is 7.66. The third kappa shape index (κ3) is 3.26. The summed E-state index contributed by atoms with van der Waals surface area (Å²) < 4.78 is 17.3. The molecule has 2 aromatic carbocycles. The molecule has 3 nitrogen and oxygen atoms in total. The number of thioether (sulfide) groups is 1. The lowest BCUT2D eigenvalue weighted by Crippen LogP contribution is -2.01. The van der Waals surface area contributed by atoms with Crippen molar-refractivity contribution in [1.82, 2.24) is 14.8 Å². The maximum absolute atomic E-state index is 14.2. The summed E-state index contributed by atoms with van der Waals surface area (Å²) in [4.78, 5) is 0. The highest BCUT2D eigenvalue weighted by Crippen LogP contribution is 2.41. The molecule has 0 unspecified atom stereocenters. The van der Waals surface area contributed by atoms with Crippen LogP contribution in [-0.2, 0) is 5.75 Å². The summed E-state index contributed by atoms with van der Waals surface area (Å²) in [6.45, 7) is 0. The fourth-order valence-electron chi connectivity index (χ4n) is 2.64. The molecule has 1 aliphatic carbocycles. The first-order chi connectivity index (χ1) is 11.7. The smallest absolute Gasteiger partial charge is 0.192 e. The number of halogens is 2. The van der Waals surface area contributed by atoms with Gasteiger partial charge in [0.1, 0.15) is 5.82 Å². The van der Waals surface area contributed by atoms with E-state index in [1.54, 1.807) is 23.9 Å². The predicted octanol–water partition coefficient (Wildman–Crippen LogP) is 5.47. The van der Waals surface area contributed by atoms with Gasteiger partial charge < -0.3 is 0 Å². The van der Waals surface area contributed by atoms with Crippen LogP contribution in [-0.4, -0.2) is 14.8 Å². The van der Waals surface area contributed by atoms with Crippen molar-refractivity contribution >= 4 is 27.7 Å². The van der Waals surface area contributed by atoms with Crippen LogP contribution in [0.1, 0.15) is 24.4 Å². The Morgan fingerprint density at radius 2 is 1.96 bits per heavy atom. The zero-order chi connectivity index (χ0) is 16.5. The molecule has 1 saturated carbocycles. The average molecular weight is 404 g/mol. The van der Waals surface area contributed by atoms with E-state index in [1.165, 1.54) is 11.6 Å². The number of hydrogen-bond donors (Lipinski definition) is 0. The monoisotopic (exact) mass is 403 g/mol. The Kier molecular flexibility index (Phi) is 4.41. The van der Waals surface area contributed by atoms with Crippen molar-refractivity contribution in [2.24, 2.45) is 0 Å². The molecular formula is C18H15BrFN3S. The molecule has 0 amide bonds. The van der Waals surface area contributed by atoms with Crippen molar-refractivity contribution in [3.63, 3.8) is 0 Å². The quantitative estimate of drug-likeness (QED) is 0.528. The lowest BCUT2D eigenvalue weighted by Gasteiger charge is -2.09. The molecule has 1 aliphatic rings. The second-order valence-electron chi connectivity index (χ2n) is 5.81. The average Bonchev–Trinajstić information content (AvgIpc) is 3.33. The summed E-state index contributed by atoms with van der Waals surface area (Å²) in [7, 11) is 0. The summed E-state index contributed by atoms with van der Waals surface area (Å²) in [6, 6.07) is 15.4. The standard InChI is InChI=1S/C18H15BrFN3S/c19-13-5-3-4-12(10-13)11-24-18-22-21-17(23(18)14-8-9-14)15-6-1-2-7-16(15)20/h1-7,10,14H,8-9,11H2. The van der Waals surface area contributed by atoms with E-state index < -0.39 is 0 Å². The summed E-state index contributed by atoms with van der Waals surface area (Å²) in [5.74, 6) is 1.18. The highest BCUT2D eigenvalue weighted by atomic mass is 79.9. The van der Waals surface area contributed by atoms with Gasteiger partial charge in [0, 0.05) is 16.3 Å². The lowest BCUT2D eigenvalue weighted by atomic mass is 10.2. The molecule has 0 aliphatic heterocycles. The van der Waals surface area contributed by atoms with Crippen LogP contribution < -0.4 is 0 Å². The van der Waals surface area contributed by atoms with Gasteiger partial charge >= 0.3 is 0 Å². The molecule has 0 bridgehead atoms. The summed E-state index contributed by atoms with van der Waals surface area (Å²) in [5.41, 5.74) is 1.73.